The zero-order valence-corrected chi connectivity index (χ0v) is 15.0. The summed E-state index contributed by atoms with van der Waals surface area (Å²) in [5.74, 6) is 1.15. The molecule has 3 aromatic rings. The number of nitrogens with one attached hydrogen (secondary N) is 1. The minimum absolute atomic E-state index is 0.152. The van der Waals surface area contributed by atoms with Crippen molar-refractivity contribution in [1.29, 1.82) is 0 Å². The van der Waals surface area contributed by atoms with Crippen LogP contribution in [0.25, 0.3) is 11.6 Å². The Bertz CT molecular complexity index is 826. The standard InChI is InChI=1S/C14H16N6O2S2/c1-4-20-11(10-6-5-7-22-10)17-19-14(20)23-8(2)12(21)15-13-18-16-9(3)24-13/h5-8H,4H2,1-3H3,(H,15,18,21)/t8-/m0/s1. The average molecular weight is 364 g/mol. The topological polar surface area (TPSA) is 98.7 Å². The lowest BCUT2D eigenvalue weighted by Crippen LogP contribution is -2.22. The third-order valence-electron chi connectivity index (χ3n) is 3.18. The van der Waals surface area contributed by atoms with Gasteiger partial charge in [0.1, 0.15) is 5.01 Å². The molecule has 0 spiro atoms. The number of thioether (sulfide) groups is 1. The highest BCUT2D eigenvalue weighted by Gasteiger charge is 2.21. The Hall–Kier alpha value is -2.20. The maximum atomic E-state index is 12.3. The number of rotatable bonds is 6. The summed E-state index contributed by atoms with van der Waals surface area (Å²) in [5.41, 5.74) is 0. The molecule has 24 heavy (non-hydrogen) atoms. The van der Waals surface area contributed by atoms with Crippen molar-refractivity contribution in [1.82, 2.24) is 25.0 Å². The van der Waals surface area contributed by atoms with E-state index < -0.39 is 0 Å². The molecular weight excluding hydrogens is 348 g/mol. The Kier molecular flexibility index (Phi) is 4.95. The average Bonchev–Trinajstić information content (AvgIpc) is 3.27. The molecule has 0 aliphatic heterocycles. The molecular formula is C14H16N6O2S2. The number of hydrogen-bond donors (Lipinski definition) is 1. The summed E-state index contributed by atoms with van der Waals surface area (Å²) >= 11 is 2.68. The summed E-state index contributed by atoms with van der Waals surface area (Å²) in [6.45, 7) is 6.32. The van der Waals surface area contributed by atoms with Gasteiger partial charge in [-0.3, -0.25) is 14.7 Å². The lowest BCUT2D eigenvalue weighted by molar-refractivity contribution is -0.115. The molecule has 3 heterocycles. The highest BCUT2D eigenvalue weighted by molar-refractivity contribution is 8.00. The van der Waals surface area contributed by atoms with E-state index in [1.165, 1.54) is 23.1 Å². The van der Waals surface area contributed by atoms with Crippen LogP contribution >= 0.6 is 23.1 Å². The molecule has 126 valence electrons. The van der Waals surface area contributed by atoms with E-state index in [9.17, 15) is 4.79 Å². The van der Waals surface area contributed by atoms with E-state index in [0.29, 0.717) is 28.4 Å². The van der Waals surface area contributed by atoms with Crippen molar-refractivity contribution in [2.75, 3.05) is 5.32 Å². The van der Waals surface area contributed by atoms with E-state index in [1.807, 2.05) is 31.4 Å². The molecule has 0 aliphatic carbocycles. The Morgan fingerprint density at radius 2 is 2.25 bits per heavy atom. The van der Waals surface area contributed by atoms with Crippen LogP contribution in [0.3, 0.4) is 0 Å². The number of amides is 1. The summed E-state index contributed by atoms with van der Waals surface area (Å²) in [7, 11) is 0. The van der Waals surface area contributed by atoms with Gasteiger partial charge in [0.15, 0.2) is 16.7 Å². The highest BCUT2D eigenvalue weighted by Crippen LogP contribution is 2.27. The molecule has 1 amide bonds. The molecule has 0 fully saturated rings. The zero-order chi connectivity index (χ0) is 17.1. The molecule has 0 bridgehead atoms. The third-order valence-corrected chi connectivity index (χ3v) is 5.02. The Balaban J connectivity index is 1.72. The number of carbonyl (C=O) groups is 1. The van der Waals surface area contributed by atoms with Gasteiger partial charge < -0.3 is 4.42 Å². The smallest absolute Gasteiger partial charge is 0.239 e. The minimum Gasteiger partial charge on any atom is -0.461 e. The van der Waals surface area contributed by atoms with E-state index >= 15 is 0 Å². The number of hydrogen-bond acceptors (Lipinski definition) is 8. The van der Waals surface area contributed by atoms with Crippen molar-refractivity contribution in [3.63, 3.8) is 0 Å². The van der Waals surface area contributed by atoms with Crippen LogP contribution in [0.5, 0.6) is 0 Å². The van der Waals surface area contributed by atoms with Crippen molar-refractivity contribution in [2.24, 2.45) is 0 Å². The molecule has 0 aromatic carbocycles. The second-order valence-corrected chi connectivity index (χ2v) is 7.39. The van der Waals surface area contributed by atoms with Crippen LogP contribution in [0.1, 0.15) is 18.9 Å². The third kappa shape index (κ3) is 3.49. The monoisotopic (exact) mass is 364 g/mol. The van der Waals surface area contributed by atoms with Crippen molar-refractivity contribution >= 4 is 34.1 Å². The van der Waals surface area contributed by atoms with Crippen molar-refractivity contribution in [2.45, 2.75) is 37.7 Å². The molecule has 3 aromatic heterocycles. The number of furan rings is 1. The number of nitrogens with zero attached hydrogens (tertiary/aromatic N) is 5. The van der Waals surface area contributed by atoms with Crippen LogP contribution in [0, 0.1) is 6.92 Å². The molecule has 8 nitrogen and oxygen atoms in total. The summed E-state index contributed by atoms with van der Waals surface area (Å²) < 4.78 is 7.30. The molecule has 3 rings (SSSR count). The van der Waals surface area contributed by atoms with Gasteiger partial charge in [-0.1, -0.05) is 23.1 Å². The van der Waals surface area contributed by atoms with Crippen molar-refractivity contribution in [3.8, 4) is 11.6 Å². The fraction of sp³-hybridized carbons (Fsp3) is 0.357. The zero-order valence-electron chi connectivity index (χ0n) is 13.4. The van der Waals surface area contributed by atoms with Gasteiger partial charge in [-0.25, -0.2) is 0 Å². The van der Waals surface area contributed by atoms with Crippen LogP contribution in [0.4, 0.5) is 5.13 Å². The number of carbonyl (C=O) groups excluding carboxylic acids is 1. The maximum absolute atomic E-state index is 12.3. The SMILES string of the molecule is CCn1c(S[C@@H](C)C(=O)Nc2nnc(C)s2)nnc1-c1ccco1. The number of aromatic nitrogens is 5. The van der Waals surface area contributed by atoms with Gasteiger partial charge in [0.25, 0.3) is 0 Å². The Morgan fingerprint density at radius 3 is 2.88 bits per heavy atom. The molecule has 1 atom stereocenters. The molecule has 0 saturated heterocycles. The Labute approximate surface area is 146 Å². The van der Waals surface area contributed by atoms with Gasteiger partial charge in [0, 0.05) is 6.54 Å². The summed E-state index contributed by atoms with van der Waals surface area (Å²) in [5, 5.41) is 20.5. The van der Waals surface area contributed by atoms with Crippen LogP contribution in [0.2, 0.25) is 0 Å². The predicted octanol–water partition coefficient (Wildman–Crippen LogP) is 2.84. The molecule has 0 aliphatic rings. The largest absolute Gasteiger partial charge is 0.461 e. The first-order valence-electron chi connectivity index (χ1n) is 7.33. The van der Waals surface area contributed by atoms with E-state index in [0.717, 1.165) is 5.01 Å². The van der Waals surface area contributed by atoms with Crippen LogP contribution in [-0.4, -0.2) is 36.1 Å². The lowest BCUT2D eigenvalue weighted by atomic mass is 10.4. The van der Waals surface area contributed by atoms with Gasteiger partial charge in [-0.15, -0.1) is 20.4 Å². The maximum Gasteiger partial charge on any atom is 0.239 e. The molecule has 1 N–H and O–H groups in total. The van der Waals surface area contributed by atoms with E-state index in [4.69, 9.17) is 4.42 Å². The fourth-order valence-electron chi connectivity index (χ4n) is 2.01. The second-order valence-electron chi connectivity index (χ2n) is 4.90. The van der Waals surface area contributed by atoms with Gasteiger partial charge in [-0.2, -0.15) is 0 Å². The highest BCUT2D eigenvalue weighted by atomic mass is 32.2. The first kappa shape index (κ1) is 16.7. The first-order chi connectivity index (χ1) is 11.6. The molecule has 0 saturated carbocycles. The van der Waals surface area contributed by atoms with Gasteiger partial charge in [-0.05, 0) is 32.9 Å². The first-order valence-corrected chi connectivity index (χ1v) is 9.02. The Morgan fingerprint density at radius 1 is 1.42 bits per heavy atom. The number of aryl methyl sites for hydroxylation is 1. The van der Waals surface area contributed by atoms with Crippen LogP contribution in [-0.2, 0) is 11.3 Å². The normalized spacial score (nSPS) is 12.3. The minimum atomic E-state index is -0.354. The molecule has 0 radical (unpaired) electrons. The van der Waals surface area contributed by atoms with E-state index in [-0.39, 0.29) is 11.2 Å². The summed E-state index contributed by atoms with van der Waals surface area (Å²) in [6.07, 6.45) is 1.59. The molecule has 0 unspecified atom stereocenters. The van der Waals surface area contributed by atoms with Gasteiger partial charge >= 0.3 is 0 Å². The van der Waals surface area contributed by atoms with Crippen molar-refractivity contribution < 1.29 is 9.21 Å². The van der Waals surface area contributed by atoms with E-state index in [1.54, 1.807) is 12.3 Å². The van der Waals surface area contributed by atoms with Crippen LogP contribution < -0.4 is 5.32 Å². The van der Waals surface area contributed by atoms with Gasteiger partial charge in [0.2, 0.25) is 11.0 Å². The quantitative estimate of drug-likeness (QED) is 0.671. The predicted molar refractivity (Wildman–Crippen MR) is 92.0 cm³/mol. The van der Waals surface area contributed by atoms with Crippen LogP contribution in [0.15, 0.2) is 28.0 Å². The second kappa shape index (κ2) is 7.14. The van der Waals surface area contributed by atoms with Crippen molar-refractivity contribution in [3.05, 3.63) is 23.4 Å². The lowest BCUT2D eigenvalue weighted by Gasteiger charge is -2.10. The van der Waals surface area contributed by atoms with E-state index in [2.05, 4.69) is 25.7 Å². The van der Waals surface area contributed by atoms with Gasteiger partial charge in [0.05, 0.1) is 11.5 Å². The molecule has 10 heteroatoms. The fourth-order valence-corrected chi connectivity index (χ4v) is 3.52. The number of anilines is 1. The summed E-state index contributed by atoms with van der Waals surface area (Å²) in [6, 6.07) is 3.63. The summed E-state index contributed by atoms with van der Waals surface area (Å²) in [4.78, 5) is 12.3.